The third-order valence-corrected chi connectivity index (χ3v) is 3.81. The molecule has 1 atom stereocenters. The fraction of sp³-hybridized carbons (Fsp3) is 0.400. The Bertz CT molecular complexity index is 326. The Kier molecular flexibility index (Phi) is 3.65. The van der Waals surface area contributed by atoms with Gasteiger partial charge in [0.05, 0.1) is 24.3 Å². The molecule has 0 bridgehead atoms. The van der Waals surface area contributed by atoms with Crippen molar-refractivity contribution < 1.29 is 4.74 Å². The summed E-state index contributed by atoms with van der Waals surface area (Å²) < 4.78 is 6.50. The molecule has 76 valence electrons. The fourth-order valence-electron chi connectivity index (χ4n) is 1.51. The number of rotatable bonds is 1. The van der Waals surface area contributed by atoms with Crippen molar-refractivity contribution in [2.45, 2.75) is 6.04 Å². The molecule has 0 radical (unpaired) electrons. The van der Waals surface area contributed by atoms with E-state index in [9.17, 15) is 0 Å². The van der Waals surface area contributed by atoms with Gasteiger partial charge in [-0.2, -0.15) is 0 Å². The van der Waals surface area contributed by atoms with Gasteiger partial charge in [-0.05, 0) is 40.3 Å². The van der Waals surface area contributed by atoms with Crippen LogP contribution in [0.3, 0.4) is 0 Å². The largest absolute Gasteiger partial charge is 0.378 e. The smallest absolute Gasteiger partial charge is 0.0662 e. The van der Waals surface area contributed by atoms with Gasteiger partial charge in [0.25, 0.3) is 0 Å². The molecular weight excluding hydrogens is 312 g/mol. The van der Waals surface area contributed by atoms with Crippen molar-refractivity contribution in [3.05, 3.63) is 32.4 Å². The summed E-state index contributed by atoms with van der Waals surface area (Å²) in [7, 11) is 0. The molecule has 1 fully saturated rings. The maximum absolute atomic E-state index is 5.96. The average molecular weight is 324 g/mol. The van der Waals surface area contributed by atoms with Crippen LogP contribution in [-0.4, -0.2) is 19.8 Å². The van der Waals surface area contributed by atoms with Gasteiger partial charge in [0.1, 0.15) is 0 Å². The van der Waals surface area contributed by atoms with E-state index in [0.29, 0.717) is 6.04 Å². The van der Waals surface area contributed by atoms with Crippen molar-refractivity contribution in [1.82, 2.24) is 5.32 Å². The van der Waals surface area contributed by atoms with E-state index in [4.69, 9.17) is 16.3 Å². The van der Waals surface area contributed by atoms with E-state index in [1.54, 1.807) is 0 Å². The predicted molar refractivity (Wildman–Crippen MR) is 65.7 cm³/mol. The Morgan fingerprint density at radius 1 is 1.50 bits per heavy atom. The maximum atomic E-state index is 5.96. The van der Waals surface area contributed by atoms with E-state index in [-0.39, 0.29) is 0 Å². The van der Waals surface area contributed by atoms with E-state index < -0.39 is 0 Å². The molecular formula is C10H11ClINO. The minimum atomic E-state index is 0.314. The topological polar surface area (TPSA) is 21.3 Å². The molecule has 0 spiro atoms. The standard InChI is InChI=1S/C10H11ClINO/c11-8-2-1-7(5-9(8)12)10-6-14-4-3-13-10/h1-2,5,10,13H,3-4,6H2. The minimum Gasteiger partial charge on any atom is -0.378 e. The molecule has 1 saturated heterocycles. The lowest BCUT2D eigenvalue weighted by Crippen LogP contribution is -2.34. The molecule has 1 aromatic rings. The first-order chi connectivity index (χ1) is 6.77. The Morgan fingerprint density at radius 3 is 3.00 bits per heavy atom. The molecule has 1 heterocycles. The Labute approximate surface area is 102 Å². The molecule has 14 heavy (non-hydrogen) atoms. The highest BCUT2D eigenvalue weighted by atomic mass is 127. The molecule has 1 aliphatic rings. The van der Waals surface area contributed by atoms with E-state index in [2.05, 4.69) is 40.0 Å². The van der Waals surface area contributed by atoms with E-state index >= 15 is 0 Å². The number of halogens is 2. The highest BCUT2D eigenvalue weighted by Gasteiger charge is 2.15. The van der Waals surface area contributed by atoms with Crippen molar-refractivity contribution >= 4 is 34.2 Å². The monoisotopic (exact) mass is 323 g/mol. The van der Waals surface area contributed by atoms with Crippen LogP contribution < -0.4 is 5.32 Å². The summed E-state index contributed by atoms with van der Waals surface area (Å²) >= 11 is 8.21. The lowest BCUT2D eigenvalue weighted by atomic mass is 10.1. The molecule has 1 aromatic carbocycles. The molecule has 0 aliphatic carbocycles. The van der Waals surface area contributed by atoms with Crippen molar-refractivity contribution in [3.8, 4) is 0 Å². The normalized spacial score (nSPS) is 22.3. The molecule has 1 unspecified atom stereocenters. The van der Waals surface area contributed by atoms with Crippen LogP contribution in [0.25, 0.3) is 0 Å². The summed E-state index contributed by atoms with van der Waals surface area (Å²) in [6.45, 7) is 2.47. The van der Waals surface area contributed by atoms with Crippen LogP contribution in [-0.2, 0) is 4.74 Å². The van der Waals surface area contributed by atoms with Gasteiger partial charge in [-0.25, -0.2) is 0 Å². The fourth-order valence-corrected chi connectivity index (χ4v) is 2.17. The predicted octanol–water partition coefficient (Wildman–Crippen LogP) is 2.61. The first-order valence-electron chi connectivity index (χ1n) is 4.53. The van der Waals surface area contributed by atoms with Gasteiger partial charge < -0.3 is 10.1 Å². The zero-order valence-electron chi connectivity index (χ0n) is 7.59. The second-order valence-electron chi connectivity index (χ2n) is 3.26. The third kappa shape index (κ3) is 2.39. The van der Waals surface area contributed by atoms with E-state index in [1.165, 1.54) is 5.56 Å². The SMILES string of the molecule is Clc1ccc(C2COCCN2)cc1I. The molecule has 4 heteroatoms. The number of ether oxygens (including phenoxy) is 1. The summed E-state index contributed by atoms with van der Waals surface area (Å²) in [5, 5.41) is 4.22. The highest BCUT2D eigenvalue weighted by molar-refractivity contribution is 14.1. The molecule has 2 rings (SSSR count). The number of morpholine rings is 1. The zero-order valence-corrected chi connectivity index (χ0v) is 10.5. The Hall–Kier alpha value is 0.160. The number of hydrogen-bond donors (Lipinski definition) is 1. The Morgan fingerprint density at radius 2 is 2.36 bits per heavy atom. The van der Waals surface area contributed by atoms with Crippen LogP contribution in [0.15, 0.2) is 18.2 Å². The van der Waals surface area contributed by atoms with E-state index in [1.807, 2.05) is 6.07 Å². The van der Waals surface area contributed by atoms with Gasteiger partial charge in [0.15, 0.2) is 0 Å². The summed E-state index contributed by atoms with van der Waals surface area (Å²) in [6.07, 6.45) is 0. The Balaban J connectivity index is 2.18. The summed E-state index contributed by atoms with van der Waals surface area (Å²) in [4.78, 5) is 0. The first-order valence-corrected chi connectivity index (χ1v) is 5.99. The van der Waals surface area contributed by atoms with Gasteiger partial charge in [-0.15, -0.1) is 0 Å². The minimum absolute atomic E-state index is 0.314. The highest BCUT2D eigenvalue weighted by Crippen LogP contribution is 2.23. The van der Waals surface area contributed by atoms with Crippen molar-refractivity contribution in [1.29, 1.82) is 0 Å². The molecule has 1 aliphatic heterocycles. The van der Waals surface area contributed by atoms with Crippen molar-refractivity contribution in [3.63, 3.8) is 0 Å². The third-order valence-electron chi connectivity index (χ3n) is 2.27. The second-order valence-corrected chi connectivity index (χ2v) is 4.82. The van der Waals surface area contributed by atoms with Gasteiger partial charge in [-0.1, -0.05) is 17.7 Å². The van der Waals surface area contributed by atoms with Crippen LogP contribution >= 0.6 is 34.2 Å². The number of hydrogen-bond acceptors (Lipinski definition) is 2. The summed E-state index contributed by atoms with van der Waals surface area (Å²) in [6, 6.07) is 6.41. The average Bonchev–Trinajstić information content (AvgIpc) is 2.23. The number of nitrogens with one attached hydrogen (secondary N) is 1. The van der Waals surface area contributed by atoms with Crippen LogP contribution in [0.4, 0.5) is 0 Å². The summed E-state index contributed by atoms with van der Waals surface area (Å²) in [5.41, 5.74) is 1.25. The molecule has 1 N–H and O–H groups in total. The van der Waals surface area contributed by atoms with Gasteiger partial charge >= 0.3 is 0 Å². The molecule has 0 saturated carbocycles. The first kappa shape index (κ1) is 10.7. The van der Waals surface area contributed by atoms with E-state index in [0.717, 1.165) is 28.4 Å². The van der Waals surface area contributed by atoms with Gasteiger partial charge in [-0.3, -0.25) is 0 Å². The lowest BCUT2D eigenvalue weighted by molar-refractivity contribution is 0.0768. The zero-order chi connectivity index (χ0) is 9.97. The summed E-state index contributed by atoms with van der Waals surface area (Å²) in [5.74, 6) is 0. The molecule has 0 aromatic heterocycles. The molecule has 2 nitrogen and oxygen atoms in total. The maximum Gasteiger partial charge on any atom is 0.0662 e. The van der Waals surface area contributed by atoms with Gasteiger partial charge in [0.2, 0.25) is 0 Å². The van der Waals surface area contributed by atoms with Crippen molar-refractivity contribution in [2.75, 3.05) is 19.8 Å². The molecule has 0 amide bonds. The quantitative estimate of drug-likeness (QED) is 0.802. The van der Waals surface area contributed by atoms with Crippen LogP contribution in [0.5, 0.6) is 0 Å². The van der Waals surface area contributed by atoms with Crippen LogP contribution in [0, 0.1) is 3.57 Å². The van der Waals surface area contributed by atoms with Crippen LogP contribution in [0.2, 0.25) is 5.02 Å². The number of benzene rings is 1. The van der Waals surface area contributed by atoms with Crippen LogP contribution in [0.1, 0.15) is 11.6 Å². The van der Waals surface area contributed by atoms with Gasteiger partial charge in [0, 0.05) is 10.1 Å². The second kappa shape index (κ2) is 4.79. The van der Waals surface area contributed by atoms with Crippen molar-refractivity contribution in [2.24, 2.45) is 0 Å². The lowest BCUT2D eigenvalue weighted by Gasteiger charge is -2.24.